The summed E-state index contributed by atoms with van der Waals surface area (Å²) < 4.78 is 14.0. The summed E-state index contributed by atoms with van der Waals surface area (Å²) in [6.07, 6.45) is 1.19. The second-order valence-electron chi connectivity index (χ2n) is 6.80. The van der Waals surface area contributed by atoms with Gasteiger partial charge in [0.25, 0.3) is 0 Å². The second kappa shape index (κ2) is 5.71. The number of benzene rings is 1. The Kier molecular flexibility index (Phi) is 4.27. The molecule has 4 nitrogen and oxygen atoms in total. The molecular formula is C17H22FNO3. The Morgan fingerprint density at radius 3 is 2.55 bits per heavy atom. The third-order valence-electron chi connectivity index (χ3n) is 4.58. The van der Waals surface area contributed by atoms with Crippen molar-refractivity contribution in [3.63, 3.8) is 0 Å². The lowest BCUT2D eigenvalue weighted by Crippen LogP contribution is -2.53. The van der Waals surface area contributed by atoms with Crippen LogP contribution in [-0.4, -0.2) is 35.0 Å². The van der Waals surface area contributed by atoms with Gasteiger partial charge in [-0.2, -0.15) is 0 Å². The number of carbonyl (C=O) groups excluding carboxylic acids is 1. The summed E-state index contributed by atoms with van der Waals surface area (Å²) >= 11 is 0. The molecule has 1 atom stereocenters. The van der Waals surface area contributed by atoms with Crippen LogP contribution >= 0.6 is 0 Å². The summed E-state index contributed by atoms with van der Waals surface area (Å²) in [6, 6.07) is 6.22. The highest BCUT2D eigenvalue weighted by atomic mass is 19.1. The van der Waals surface area contributed by atoms with Gasteiger partial charge in [0.05, 0.1) is 10.8 Å². The van der Waals surface area contributed by atoms with E-state index in [4.69, 9.17) is 0 Å². The number of rotatable bonds is 3. The van der Waals surface area contributed by atoms with Crippen LogP contribution in [0.15, 0.2) is 24.3 Å². The highest BCUT2D eigenvalue weighted by Crippen LogP contribution is 2.34. The van der Waals surface area contributed by atoms with Gasteiger partial charge in [0.1, 0.15) is 5.82 Å². The zero-order valence-electron chi connectivity index (χ0n) is 13.2. The predicted molar refractivity (Wildman–Crippen MR) is 81.0 cm³/mol. The normalized spacial score (nSPS) is 22.5. The molecule has 1 amide bonds. The lowest BCUT2D eigenvalue weighted by molar-refractivity contribution is -0.154. The van der Waals surface area contributed by atoms with Crippen LogP contribution in [-0.2, 0) is 15.0 Å². The third-order valence-corrected chi connectivity index (χ3v) is 4.58. The molecule has 2 rings (SSSR count). The third kappa shape index (κ3) is 2.85. The molecule has 5 heteroatoms. The van der Waals surface area contributed by atoms with E-state index in [2.05, 4.69) is 0 Å². The van der Waals surface area contributed by atoms with Gasteiger partial charge >= 0.3 is 5.97 Å². The first-order valence-corrected chi connectivity index (χ1v) is 7.46. The van der Waals surface area contributed by atoms with Crippen LogP contribution in [0.5, 0.6) is 0 Å². The number of hydrogen-bond donors (Lipinski definition) is 1. The van der Waals surface area contributed by atoms with Crippen LogP contribution in [0.1, 0.15) is 39.2 Å². The van der Waals surface area contributed by atoms with E-state index in [9.17, 15) is 19.1 Å². The van der Waals surface area contributed by atoms with Crippen LogP contribution in [0, 0.1) is 11.2 Å². The molecule has 0 saturated carbocycles. The minimum atomic E-state index is -1.03. The Hall–Kier alpha value is -1.91. The molecule has 1 aliphatic rings. The lowest BCUT2D eigenvalue weighted by Gasteiger charge is -2.41. The topological polar surface area (TPSA) is 57.6 Å². The zero-order valence-corrected chi connectivity index (χ0v) is 13.2. The van der Waals surface area contributed by atoms with E-state index >= 15 is 0 Å². The zero-order chi connectivity index (χ0) is 16.5. The minimum Gasteiger partial charge on any atom is -0.481 e. The molecule has 1 heterocycles. The molecular weight excluding hydrogens is 285 g/mol. The molecule has 1 aromatic carbocycles. The molecule has 0 radical (unpaired) electrons. The standard InChI is InChI=1S/C17H22FNO3/c1-16(2,12-7-4-5-8-13(12)18)14(20)19-10-6-9-17(3,11-19)15(21)22/h4-5,7-8H,6,9-11H2,1-3H3,(H,21,22). The number of carbonyl (C=O) groups is 2. The maximum Gasteiger partial charge on any atom is 0.311 e. The van der Waals surface area contributed by atoms with Crippen LogP contribution in [0.4, 0.5) is 4.39 Å². The SMILES string of the molecule is CC1(C(=O)O)CCCN(C(=O)C(C)(C)c2ccccc2F)C1. The van der Waals surface area contributed by atoms with Crippen molar-refractivity contribution in [1.82, 2.24) is 4.90 Å². The quantitative estimate of drug-likeness (QED) is 0.934. The van der Waals surface area contributed by atoms with E-state index in [0.717, 1.165) is 0 Å². The largest absolute Gasteiger partial charge is 0.481 e. The van der Waals surface area contributed by atoms with Gasteiger partial charge < -0.3 is 10.0 Å². The monoisotopic (exact) mass is 307 g/mol. The predicted octanol–water partition coefficient (Wildman–Crippen LogP) is 2.82. The first-order valence-electron chi connectivity index (χ1n) is 7.46. The van der Waals surface area contributed by atoms with Crippen molar-refractivity contribution in [2.45, 2.75) is 39.0 Å². The van der Waals surface area contributed by atoms with Crippen LogP contribution < -0.4 is 0 Å². The number of aliphatic carboxylic acids is 1. The number of carboxylic acids is 1. The summed E-state index contributed by atoms with van der Waals surface area (Å²) in [4.78, 5) is 25.8. The molecule has 1 fully saturated rings. The van der Waals surface area contributed by atoms with Gasteiger partial charge in [-0.15, -0.1) is 0 Å². The van der Waals surface area contributed by atoms with Crippen LogP contribution in [0.2, 0.25) is 0 Å². The van der Waals surface area contributed by atoms with Crippen molar-refractivity contribution in [3.05, 3.63) is 35.6 Å². The molecule has 1 aromatic rings. The fraction of sp³-hybridized carbons (Fsp3) is 0.529. The summed E-state index contributed by atoms with van der Waals surface area (Å²) in [5, 5.41) is 9.36. The highest BCUT2D eigenvalue weighted by molar-refractivity contribution is 5.88. The first-order chi connectivity index (χ1) is 10.2. The van der Waals surface area contributed by atoms with E-state index in [-0.39, 0.29) is 12.5 Å². The molecule has 0 spiro atoms. The first kappa shape index (κ1) is 16.5. The fourth-order valence-corrected chi connectivity index (χ4v) is 3.07. The van der Waals surface area contributed by atoms with E-state index in [1.807, 2.05) is 0 Å². The Labute approximate surface area is 129 Å². The Balaban J connectivity index is 2.27. The molecule has 1 aliphatic heterocycles. The number of carboxylic acid groups (broad SMARTS) is 1. The van der Waals surface area contributed by atoms with Gasteiger partial charge in [-0.1, -0.05) is 18.2 Å². The summed E-state index contributed by atoms with van der Waals surface area (Å²) in [5.74, 6) is -1.54. The van der Waals surface area contributed by atoms with E-state index < -0.39 is 22.6 Å². The number of likely N-dealkylation sites (tertiary alicyclic amines) is 1. The van der Waals surface area contributed by atoms with Gasteiger partial charge in [0.15, 0.2) is 0 Å². The number of hydrogen-bond acceptors (Lipinski definition) is 2. The Bertz CT molecular complexity index is 599. The van der Waals surface area contributed by atoms with Gasteiger partial charge in [-0.05, 0) is 39.7 Å². The molecule has 1 unspecified atom stereocenters. The number of nitrogens with zero attached hydrogens (tertiary/aromatic N) is 1. The smallest absolute Gasteiger partial charge is 0.311 e. The van der Waals surface area contributed by atoms with Gasteiger partial charge in [0, 0.05) is 18.7 Å². The maximum atomic E-state index is 14.0. The van der Waals surface area contributed by atoms with Gasteiger partial charge in [0.2, 0.25) is 5.91 Å². The number of amides is 1. The Morgan fingerprint density at radius 2 is 1.95 bits per heavy atom. The van der Waals surface area contributed by atoms with Crippen molar-refractivity contribution in [2.75, 3.05) is 13.1 Å². The van der Waals surface area contributed by atoms with Crippen molar-refractivity contribution in [2.24, 2.45) is 5.41 Å². The minimum absolute atomic E-state index is 0.166. The molecule has 0 aliphatic carbocycles. The molecule has 1 saturated heterocycles. The van der Waals surface area contributed by atoms with Crippen molar-refractivity contribution < 1.29 is 19.1 Å². The molecule has 0 bridgehead atoms. The van der Waals surface area contributed by atoms with Crippen LogP contribution in [0.25, 0.3) is 0 Å². The second-order valence-corrected chi connectivity index (χ2v) is 6.80. The average molecular weight is 307 g/mol. The van der Waals surface area contributed by atoms with Gasteiger partial charge in [-0.25, -0.2) is 4.39 Å². The summed E-state index contributed by atoms with van der Waals surface area (Å²) in [6.45, 7) is 5.70. The van der Waals surface area contributed by atoms with Crippen molar-refractivity contribution in [1.29, 1.82) is 0 Å². The van der Waals surface area contributed by atoms with Gasteiger partial charge in [-0.3, -0.25) is 9.59 Å². The molecule has 120 valence electrons. The summed E-state index contributed by atoms with van der Waals surface area (Å²) in [5.41, 5.74) is -1.62. The van der Waals surface area contributed by atoms with Crippen molar-refractivity contribution >= 4 is 11.9 Å². The summed E-state index contributed by atoms with van der Waals surface area (Å²) in [7, 11) is 0. The molecule has 1 N–H and O–H groups in total. The molecule has 0 aromatic heterocycles. The van der Waals surface area contributed by atoms with Crippen LogP contribution in [0.3, 0.4) is 0 Å². The van der Waals surface area contributed by atoms with Crippen molar-refractivity contribution in [3.8, 4) is 0 Å². The maximum absolute atomic E-state index is 14.0. The molecule has 22 heavy (non-hydrogen) atoms. The van der Waals surface area contributed by atoms with E-state index in [0.29, 0.717) is 24.9 Å². The lowest BCUT2D eigenvalue weighted by atomic mass is 9.78. The number of piperidine rings is 1. The Morgan fingerprint density at radius 1 is 1.32 bits per heavy atom. The van der Waals surface area contributed by atoms with E-state index in [1.165, 1.54) is 6.07 Å². The average Bonchev–Trinajstić information content (AvgIpc) is 2.46. The van der Waals surface area contributed by atoms with E-state index in [1.54, 1.807) is 43.9 Å². The highest BCUT2D eigenvalue weighted by Gasteiger charge is 2.43. The number of halogens is 1. The fourth-order valence-electron chi connectivity index (χ4n) is 3.07.